The minimum Gasteiger partial charge on any atom is -0.495 e. The molecule has 1 aliphatic rings. The number of aryl methyl sites for hydroxylation is 1. The summed E-state index contributed by atoms with van der Waals surface area (Å²) in [4.78, 5) is 15.7. The Bertz CT molecular complexity index is 1140. The molecule has 2 aromatic carbocycles. The van der Waals surface area contributed by atoms with Gasteiger partial charge in [-0.2, -0.15) is 20.1 Å². The van der Waals surface area contributed by atoms with Crippen molar-refractivity contribution in [3.63, 3.8) is 0 Å². The molecule has 172 valence electrons. The van der Waals surface area contributed by atoms with Crippen LogP contribution in [0.4, 0.5) is 23.5 Å². The Morgan fingerprint density at radius 2 is 1.79 bits per heavy atom. The molecule has 1 aromatic heterocycles. The number of methoxy groups -OCH3 is 1. The van der Waals surface area contributed by atoms with Crippen LogP contribution in [0, 0.1) is 6.92 Å². The Balaban J connectivity index is 1.59. The number of hydrogen-bond acceptors (Lipinski definition) is 9. The molecule has 0 unspecified atom stereocenters. The van der Waals surface area contributed by atoms with Gasteiger partial charge in [-0.05, 0) is 47.1 Å². The highest BCUT2D eigenvalue weighted by Gasteiger charge is 2.17. The van der Waals surface area contributed by atoms with Crippen molar-refractivity contribution < 1.29 is 9.47 Å². The number of halogens is 2. The lowest BCUT2D eigenvalue weighted by Gasteiger charge is -2.27. The fourth-order valence-electron chi connectivity index (χ4n) is 3.19. The monoisotopic (exact) mass is 575 g/mol. The van der Waals surface area contributed by atoms with Crippen molar-refractivity contribution in [1.82, 2.24) is 15.0 Å². The first-order valence-corrected chi connectivity index (χ1v) is 11.8. The molecular weight excluding hydrogens is 554 g/mol. The summed E-state index contributed by atoms with van der Waals surface area (Å²) in [6, 6.07) is 11.8. The number of hydrogen-bond donors (Lipinski definition) is 2. The fraction of sp³-hybridized carbons (Fsp3) is 0.273. The van der Waals surface area contributed by atoms with Crippen LogP contribution >= 0.6 is 31.9 Å². The molecule has 11 heteroatoms. The van der Waals surface area contributed by atoms with Gasteiger partial charge in [0.2, 0.25) is 17.8 Å². The van der Waals surface area contributed by atoms with Gasteiger partial charge in [0.15, 0.2) is 0 Å². The number of rotatable bonds is 7. The van der Waals surface area contributed by atoms with Crippen molar-refractivity contribution in [3.05, 3.63) is 56.5 Å². The number of aromatic nitrogens is 3. The Morgan fingerprint density at radius 3 is 2.52 bits per heavy atom. The highest BCUT2D eigenvalue weighted by Crippen LogP contribution is 2.31. The maximum absolute atomic E-state index is 5.47. The van der Waals surface area contributed by atoms with E-state index in [0.29, 0.717) is 49.9 Å². The van der Waals surface area contributed by atoms with Crippen LogP contribution in [-0.2, 0) is 4.74 Å². The van der Waals surface area contributed by atoms with Gasteiger partial charge >= 0.3 is 0 Å². The summed E-state index contributed by atoms with van der Waals surface area (Å²) in [6.07, 6.45) is 1.65. The molecule has 0 atom stereocenters. The van der Waals surface area contributed by atoms with Crippen molar-refractivity contribution in [2.24, 2.45) is 5.10 Å². The summed E-state index contributed by atoms with van der Waals surface area (Å²) < 4.78 is 12.6. The number of hydrazone groups is 1. The summed E-state index contributed by atoms with van der Waals surface area (Å²) in [5, 5.41) is 7.58. The van der Waals surface area contributed by atoms with Crippen LogP contribution in [0.2, 0.25) is 0 Å². The number of nitrogens with one attached hydrogen (secondary N) is 2. The van der Waals surface area contributed by atoms with Crippen LogP contribution in [0.25, 0.3) is 0 Å². The maximum atomic E-state index is 5.47. The van der Waals surface area contributed by atoms with Gasteiger partial charge in [-0.15, -0.1) is 0 Å². The van der Waals surface area contributed by atoms with Gasteiger partial charge in [-0.1, -0.05) is 33.6 Å². The average molecular weight is 577 g/mol. The molecule has 1 aliphatic heterocycles. The zero-order valence-corrected chi connectivity index (χ0v) is 21.4. The van der Waals surface area contributed by atoms with E-state index >= 15 is 0 Å². The number of ether oxygens (including phenoxy) is 2. The Hall–Kier alpha value is -2.76. The quantitative estimate of drug-likeness (QED) is 0.307. The van der Waals surface area contributed by atoms with Crippen molar-refractivity contribution >= 4 is 61.6 Å². The molecule has 33 heavy (non-hydrogen) atoms. The van der Waals surface area contributed by atoms with Crippen molar-refractivity contribution in [2.45, 2.75) is 6.92 Å². The summed E-state index contributed by atoms with van der Waals surface area (Å²) in [7, 11) is 1.61. The molecule has 0 bridgehead atoms. The van der Waals surface area contributed by atoms with Gasteiger partial charge in [-0.25, -0.2) is 5.43 Å². The minimum atomic E-state index is 0.324. The summed E-state index contributed by atoms with van der Waals surface area (Å²) >= 11 is 6.99. The van der Waals surface area contributed by atoms with E-state index in [9.17, 15) is 0 Å². The first kappa shape index (κ1) is 23.4. The van der Waals surface area contributed by atoms with E-state index in [2.05, 4.69) is 67.6 Å². The topological polar surface area (TPSA) is 96.8 Å². The minimum absolute atomic E-state index is 0.324. The van der Waals surface area contributed by atoms with Gasteiger partial charge in [0.05, 0.1) is 31.0 Å². The lowest BCUT2D eigenvalue weighted by Crippen LogP contribution is -2.37. The Labute approximate surface area is 208 Å². The second-order valence-electron chi connectivity index (χ2n) is 7.25. The van der Waals surface area contributed by atoms with E-state index in [0.717, 1.165) is 20.2 Å². The van der Waals surface area contributed by atoms with Crippen LogP contribution in [0.1, 0.15) is 11.1 Å². The summed E-state index contributed by atoms with van der Waals surface area (Å²) in [5.41, 5.74) is 5.77. The highest BCUT2D eigenvalue weighted by molar-refractivity contribution is 9.11. The molecule has 0 amide bonds. The molecule has 0 radical (unpaired) electrons. The Morgan fingerprint density at radius 1 is 1.06 bits per heavy atom. The van der Waals surface area contributed by atoms with Gasteiger partial charge in [0, 0.05) is 28.8 Å². The molecule has 4 rings (SSSR count). The van der Waals surface area contributed by atoms with Crippen LogP contribution in [0.15, 0.2) is 50.4 Å². The molecule has 0 spiro atoms. The normalized spacial score (nSPS) is 13.9. The third-order valence-corrected chi connectivity index (χ3v) is 5.88. The number of anilines is 4. The molecule has 9 nitrogen and oxygen atoms in total. The van der Waals surface area contributed by atoms with E-state index in [1.54, 1.807) is 13.3 Å². The number of nitrogens with zero attached hydrogens (tertiary/aromatic N) is 5. The van der Waals surface area contributed by atoms with Gasteiger partial charge < -0.3 is 19.7 Å². The van der Waals surface area contributed by atoms with E-state index in [-0.39, 0.29) is 0 Å². The third kappa shape index (κ3) is 6.18. The number of morpholine rings is 1. The fourth-order valence-corrected chi connectivity index (χ4v) is 4.61. The van der Waals surface area contributed by atoms with Crippen molar-refractivity contribution in [1.29, 1.82) is 0 Å². The summed E-state index contributed by atoms with van der Waals surface area (Å²) in [6.45, 7) is 4.72. The zero-order valence-electron chi connectivity index (χ0n) is 18.2. The van der Waals surface area contributed by atoms with E-state index in [4.69, 9.17) is 9.47 Å². The Kier molecular flexibility index (Phi) is 7.73. The molecule has 0 saturated carbocycles. The van der Waals surface area contributed by atoms with Gasteiger partial charge in [0.1, 0.15) is 5.75 Å². The van der Waals surface area contributed by atoms with E-state index in [1.807, 2.05) is 43.3 Å². The zero-order chi connectivity index (χ0) is 23.2. The maximum Gasteiger partial charge on any atom is 0.250 e. The first-order chi connectivity index (χ1) is 16.0. The second kappa shape index (κ2) is 10.9. The predicted molar refractivity (Wildman–Crippen MR) is 137 cm³/mol. The third-order valence-electron chi connectivity index (χ3n) is 4.83. The lowest BCUT2D eigenvalue weighted by atomic mass is 10.2. The second-order valence-corrected chi connectivity index (χ2v) is 9.02. The van der Waals surface area contributed by atoms with E-state index < -0.39 is 0 Å². The molecular formula is C22H23Br2N7O2. The number of benzene rings is 2. The molecule has 1 saturated heterocycles. The van der Waals surface area contributed by atoms with Crippen LogP contribution in [0.5, 0.6) is 5.75 Å². The smallest absolute Gasteiger partial charge is 0.250 e. The highest BCUT2D eigenvalue weighted by atomic mass is 79.9. The first-order valence-electron chi connectivity index (χ1n) is 10.3. The van der Waals surface area contributed by atoms with Gasteiger partial charge in [0.25, 0.3) is 0 Å². The average Bonchev–Trinajstić information content (AvgIpc) is 2.81. The SMILES string of the molecule is COc1c(Br)cc(Br)cc1/C=N/Nc1nc(Nc2ccc(C)cc2)nc(N2CCOCC2)n1. The lowest BCUT2D eigenvalue weighted by molar-refractivity contribution is 0.122. The van der Waals surface area contributed by atoms with Crippen LogP contribution in [-0.4, -0.2) is 54.6 Å². The molecule has 2 heterocycles. The van der Waals surface area contributed by atoms with E-state index in [1.165, 1.54) is 5.56 Å². The summed E-state index contributed by atoms with van der Waals surface area (Å²) in [5.74, 6) is 1.99. The standard InChI is InChI=1S/C22H23Br2N7O2/c1-14-3-5-17(6-4-14)26-20-27-21(29-22(28-20)31-7-9-33-10-8-31)30-25-13-15-11-16(23)12-18(24)19(15)32-2/h3-6,11-13H,7-10H2,1-2H3,(H2,26,27,28,29,30)/b25-13+. The van der Waals surface area contributed by atoms with Crippen LogP contribution < -0.4 is 20.4 Å². The molecule has 3 aromatic rings. The van der Waals surface area contributed by atoms with Crippen molar-refractivity contribution in [2.75, 3.05) is 49.1 Å². The van der Waals surface area contributed by atoms with Crippen LogP contribution in [0.3, 0.4) is 0 Å². The predicted octanol–water partition coefficient (Wildman–Crippen LogP) is 4.74. The van der Waals surface area contributed by atoms with Crippen molar-refractivity contribution in [3.8, 4) is 5.75 Å². The van der Waals surface area contributed by atoms with Gasteiger partial charge in [-0.3, -0.25) is 0 Å². The molecule has 1 fully saturated rings. The molecule has 2 N–H and O–H groups in total. The largest absolute Gasteiger partial charge is 0.495 e. The molecule has 0 aliphatic carbocycles.